The van der Waals surface area contributed by atoms with Crippen molar-refractivity contribution in [2.45, 2.75) is 44.1 Å². The smallest absolute Gasteiger partial charge is 0.0648 e. The number of thioether (sulfide) groups is 1. The van der Waals surface area contributed by atoms with Crippen molar-refractivity contribution in [2.24, 2.45) is 0 Å². The van der Waals surface area contributed by atoms with Gasteiger partial charge in [-0.1, -0.05) is 0 Å². The minimum absolute atomic E-state index is 0.0217. The molecule has 0 spiro atoms. The third kappa shape index (κ3) is 3.49. The van der Waals surface area contributed by atoms with E-state index in [4.69, 9.17) is 4.74 Å². The van der Waals surface area contributed by atoms with Crippen molar-refractivity contribution in [1.82, 2.24) is 5.32 Å². The van der Waals surface area contributed by atoms with Crippen LogP contribution in [-0.2, 0) is 4.74 Å². The summed E-state index contributed by atoms with van der Waals surface area (Å²) in [7, 11) is 1.79. The molecule has 0 saturated carbocycles. The lowest BCUT2D eigenvalue weighted by Gasteiger charge is -2.39. The first-order valence-electron chi connectivity index (χ1n) is 4.92. The van der Waals surface area contributed by atoms with E-state index in [1.54, 1.807) is 7.11 Å². The zero-order valence-corrected chi connectivity index (χ0v) is 9.96. The topological polar surface area (TPSA) is 21.3 Å². The lowest BCUT2D eigenvalue weighted by atomic mass is 9.99. The Balaban J connectivity index is 2.49. The molecule has 1 heterocycles. The van der Waals surface area contributed by atoms with Gasteiger partial charge in [0.2, 0.25) is 0 Å². The molecule has 0 radical (unpaired) electrons. The van der Waals surface area contributed by atoms with Crippen molar-refractivity contribution in [3.05, 3.63) is 0 Å². The Bertz CT molecular complexity index is 164. The minimum atomic E-state index is -0.0217. The van der Waals surface area contributed by atoms with Crippen molar-refractivity contribution in [1.29, 1.82) is 0 Å². The van der Waals surface area contributed by atoms with Gasteiger partial charge in [0.05, 0.1) is 10.5 Å². The van der Waals surface area contributed by atoms with Crippen molar-refractivity contribution in [3.8, 4) is 0 Å². The molecule has 1 unspecified atom stereocenters. The molecule has 0 amide bonds. The highest BCUT2D eigenvalue weighted by Crippen LogP contribution is 2.34. The van der Waals surface area contributed by atoms with Crippen LogP contribution in [0.5, 0.6) is 0 Å². The molecule has 0 aromatic rings. The third-order valence-corrected chi connectivity index (χ3v) is 3.97. The van der Waals surface area contributed by atoms with Gasteiger partial charge in [-0.15, -0.1) is 11.8 Å². The number of methoxy groups -OCH3 is 1. The molecule has 1 rings (SSSR count). The van der Waals surface area contributed by atoms with Gasteiger partial charge >= 0.3 is 0 Å². The molecule has 78 valence electrons. The summed E-state index contributed by atoms with van der Waals surface area (Å²) in [6, 6.07) is 0. The van der Waals surface area contributed by atoms with Gasteiger partial charge < -0.3 is 10.1 Å². The van der Waals surface area contributed by atoms with E-state index in [9.17, 15) is 0 Å². The summed E-state index contributed by atoms with van der Waals surface area (Å²) < 4.78 is 5.45. The van der Waals surface area contributed by atoms with E-state index in [0.29, 0.717) is 0 Å². The van der Waals surface area contributed by atoms with E-state index in [-0.39, 0.29) is 10.5 Å². The van der Waals surface area contributed by atoms with Crippen LogP contribution in [0.4, 0.5) is 0 Å². The van der Waals surface area contributed by atoms with Gasteiger partial charge in [-0.05, 0) is 39.5 Å². The number of nitrogens with one attached hydrogen (secondary N) is 1. The Morgan fingerprint density at radius 2 is 2.23 bits per heavy atom. The van der Waals surface area contributed by atoms with Gasteiger partial charge in [0.25, 0.3) is 0 Å². The summed E-state index contributed by atoms with van der Waals surface area (Å²) >= 11 is 2.02. The van der Waals surface area contributed by atoms with Crippen LogP contribution in [0.2, 0.25) is 0 Å². The molecule has 3 heteroatoms. The summed E-state index contributed by atoms with van der Waals surface area (Å²) in [6.45, 7) is 7.71. The second kappa shape index (κ2) is 4.20. The molecule has 0 bridgehead atoms. The first-order chi connectivity index (χ1) is 5.97. The Hall–Kier alpha value is 0.270. The fourth-order valence-corrected chi connectivity index (χ4v) is 3.16. The molecule has 1 fully saturated rings. The molecule has 1 atom stereocenters. The maximum absolute atomic E-state index is 5.45. The van der Waals surface area contributed by atoms with E-state index in [1.807, 2.05) is 11.8 Å². The Morgan fingerprint density at radius 3 is 2.69 bits per heavy atom. The number of hydrogen-bond donors (Lipinski definition) is 1. The number of rotatable bonds is 3. The second-order valence-corrected chi connectivity index (χ2v) is 6.10. The van der Waals surface area contributed by atoms with Gasteiger partial charge in [-0.25, -0.2) is 0 Å². The number of ether oxygens (including phenoxy) is 1. The van der Waals surface area contributed by atoms with Crippen LogP contribution in [-0.4, -0.2) is 29.9 Å². The molecule has 1 N–H and O–H groups in total. The van der Waals surface area contributed by atoms with Gasteiger partial charge in [0.15, 0.2) is 0 Å². The summed E-state index contributed by atoms with van der Waals surface area (Å²) in [5, 5.41) is 3.57. The minimum Gasteiger partial charge on any atom is -0.379 e. The van der Waals surface area contributed by atoms with Crippen LogP contribution in [0.15, 0.2) is 0 Å². The van der Waals surface area contributed by atoms with Crippen LogP contribution in [0.25, 0.3) is 0 Å². The van der Waals surface area contributed by atoms with E-state index >= 15 is 0 Å². The lowest BCUT2D eigenvalue weighted by molar-refractivity contribution is 0.00485. The van der Waals surface area contributed by atoms with E-state index < -0.39 is 0 Å². The van der Waals surface area contributed by atoms with Crippen molar-refractivity contribution < 1.29 is 4.74 Å². The van der Waals surface area contributed by atoms with Crippen LogP contribution >= 0.6 is 11.8 Å². The molecule has 1 saturated heterocycles. The van der Waals surface area contributed by atoms with Crippen molar-refractivity contribution >= 4 is 11.8 Å². The zero-order chi connectivity index (χ0) is 9.95. The molecule has 0 aromatic carbocycles. The van der Waals surface area contributed by atoms with E-state index in [1.165, 1.54) is 12.2 Å². The van der Waals surface area contributed by atoms with Crippen molar-refractivity contribution in [3.63, 3.8) is 0 Å². The molecule has 0 aromatic heterocycles. The monoisotopic (exact) mass is 203 g/mol. The average molecular weight is 203 g/mol. The SMILES string of the molecule is COC(C)(C)CC1(C)NCCCS1. The summed E-state index contributed by atoms with van der Waals surface area (Å²) in [5.74, 6) is 1.27. The van der Waals surface area contributed by atoms with Gasteiger partial charge in [0.1, 0.15) is 0 Å². The second-order valence-electron chi connectivity index (χ2n) is 4.50. The van der Waals surface area contributed by atoms with E-state index in [2.05, 4.69) is 26.1 Å². The predicted octanol–water partition coefficient (Wildman–Crippen LogP) is 2.24. The van der Waals surface area contributed by atoms with Gasteiger partial charge in [-0.3, -0.25) is 0 Å². The molecule has 2 nitrogen and oxygen atoms in total. The molecule has 1 aliphatic rings. The quantitative estimate of drug-likeness (QED) is 0.760. The predicted molar refractivity (Wildman–Crippen MR) is 59.2 cm³/mol. The summed E-state index contributed by atoms with van der Waals surface area (Å²) in [4.78, 5) is 0.206. The van der Waals surface area contributed by atoms with Gasteiger partial charge in [-0.2, -0.15) is 0 Å². The van der Waals surface area contributed by atoms with Crippen LogP contribution in [0.1, 0.15) is 33.6 Å². The average Bonchev–Trinajstić information content (AvgIpc) is 2.04. The lowest BCUT2D eigenvalue weighted by Crippen LogP contribution is -2.48. The zero-order valence-electron chi connectivity index (χ0n) is 9.14. The fourth-order valence-electron chi connectivity index (χ4n) is 1.77. The Morgan fingerprint density at radius 1 is 1.54 bits per heavy atom. The maximum atomic E-state index is 5.45. The first kappa shape index (κ1) is 11.3. The fraction of sp³-hybridized carbons (Fsp3) is 1.00. The molecular formula is C10H21NOS. The standard InChI is InChI=1S/C10H21NOS/c1-9(2,12-4)8-10(3)11-6-5-7-13-10/h11H,5-8H2,1-4H3. The highest BCUT2D eigenvalue weighted by atomic mass is 32.2. The van der Waals surface area contributed by atoms with Crippen LogP contribution < -0.4 is 5.32 Å². The highest BCUT2D eigenvalue weighted by molar-refractivity contribution is 8.00. The first-order valence-corrected chi connectivity index (χ1v) is 5.90. The molecular weight excluding hydrogens is 182 g/mol. The van der Waals surface area contributed by atoms with E-state index in [0.717, 1.165) is 13.0 Å². The summed E-state index contributed by atoms with van der Waals surface area (Å²) in [6.07, 6.45) is 2.34. The number of hydrogen-bond acceptors (Lipinski definition) is 3. The Labute approximate surface area is 85.8 Å². The maximum Gasteiger partial charge on any atom is 0.0648 e. The molecule has 0 aliphatic carbocycles. The third-order valence-electron chi connectivity index (χ3n) is 2.56. The van der Waals surface area contributed by atoms with Crippen LogP contribution in [0.3, 0.4) is 0 Å². The highest BCUT2D eigenvalue weighted by Gasteiger charge is 2.33. The van der Waals surface area contributed by atoms with Crippen molar-refractivity contribution in [2.75, 3.05) is 19.4 Å². The Kier molecular flexibility index (Phi) is 3.66. The molecule has 13 heavy (non-hydrogen) atoms. The largest absolute Gasteiger partial charge is 0.379 e. The summed E-state index contributed by atoms with van der Waals surface area (Å²) in [5.41, 5.74) is -0.0217. The normalized spacial score (nSPS) is 30.5. The molecule has 1 aliphatic heterocycles. The van der Waals surface area contributed by atoms with Crippen LogP contribution in [0, 0.1) is 0 Å². The van der Waals surface area contributed by atoms with Gasteiger partial charge in [0, 0.05) is 13.5 Å².